The Bertz CT molecular complexity index is 1360. The summed E-state index contributed by atoms with van der Waals surface area (Å²) < 4.78 is 42.7. The number of aliphatic hydroxyl groups excluding tert-OH is 5. The minimum atomic E-state index is -0.989. The van der Waals surface area contributed by atoms with Gasteiger partial charge in [-0.05, 0) is 118 Å². The molecule has 4 aliphatic carbocycles. The van der Waals surface area contributed by atoms with Gasteiger partial charge in [-0.2, -0.15) is 0 Å². The number of aliphatic hydroxyl groups is 5. The summed E-state index contributed by atoms with van der Waals surface area (Å²) in [4.78, 5) is 0. The molecule has 0 spiro atoms. The van der Waals surface area contributed by atoms with Gasteiger partial charge < -0.3 is 58.7 Å². The van der Waals surface area contributed by atoms with Gasteiger partial charge in [0.1, 0.15) is 30.7 Å². The summed E-state index contributed by atoms with van der Waals surface area (Å²) in [7, 11) is 0. The standard InChI is InChI=1S/C42H66O12/c1-20-13-24(19-48-20)37-30(43)15-29-27-8-7-25-14-26(9-11-41(25,5)28(27)10-12-42(29,37)6)52-34-17-32(45)39(22(3)50-34)54-36-18-33(46)40(23(4)51-36)53-35-16-31(44)38(47)21(2)49-35/h13,21-23,25-40,43-47H,1,7-12,14-19H2,2-6H3/t21?,22?,23?,25-,26?,27?,28?,29?,30?,31?,32?,33?,34-,35?,36?,37+,38?,39+,40+,41-,42+/m1/s1. The van der Waals surface area contributed by atoms with E-state index in [1.54, 1.807) is 13.8 Å². The van der Waals surface area contributed by atoms with Crippen molar-refractivity contribution >= 4 is 0 Å². The molecule has 0 bridgehead atoms. The molecule has 4 aliphatic heterocycles. The summed E-state index contributed by atoms with van der Waals surface area (Å²) >= 11 is 0. The van der Waals surface area contributed by atoms with Crippen LogP contribution in [0.5, 0.6) is 0 Å². The Labute approximate surface area is 320 Å². The molecule has 306 valence electrons. The first kappa shape index (κ1) is 39.7. The summed E-state index contributed by atoms with van der Waals surface area (Å²) in [5.41, 5.74) is 1.59. The van der Waals surface area contributed by atoms with Crippen LogP contribution in [-0.2, 0) is 33.2 Å². The van der Waals surface area contributed by atoms with E-state index in [9.17, 15) is 25.5 Å². The van der Waals surface area contributed by atoms with Crippen molar-refractivity contribution < 1.29 is 58.7 Å². The Balaban J connectivity index is 0.822. The highest BCUT2D eigenvalue weighted by Crippen LogP contribution is 2.68. The zero-order valence-electron chi connectivity index (χ0n) is 32.8. The second-order valence-corrected chi connectivity index (χ2v) is 18.9. The summed E-state index contributed by atoms with van der Waals surface area (Å²) in [5, 5.41) is 53.9. The number of allylic oxidation sites excluding steroid dienone is 1. The lowest BCUT2D eigenvalue weighted by Crippen LogP contribution is -2.56. The SMILES string of the molecule is C=C1C=C([C@H]2C(O)CC3C4CC[C@@H]5CC(O[C@@H]6CC(O)[C@@H](OC7CC(O)[C@@H](OC8CC(O)C(O)C(C)O8)C(C)O7)C(C)O6)CC[C@@]5(C)C4CC[C@@]32C)CO1. The van der Waals surface area contributed by atoms with Gasteiger partial charge in [-0.3, -0.25) is 0 Å². The van der Waals surface area contributed by atoms with Crippen LogP contribution in [0.2, 0.25) is 0 Å². The fourth-order valence-electron chi connectivity index (χ4n) is 13.0. The number of rotatable bonds is 7. The molecule has 0 amide bonds. The highest BCUT2D eigenvalue weighted by atomic mass is 16.7. The monoisotopic (exact) mass is 762 g/mol. The molecule has 12 heteroatoms. The molecule has 12 nitrogen and oxygen atoms in total. The van der Waals surface area contributed by atoms with Gasteiger partial charge in [-0.1, -0.05) is 20.4 Å². The van der Waals surface area contributed by atoms with Gasteiger partial charge in [-0.15, -0.1) is 0 Å². The summed E-state index contributed by atoms with van der Waals surface area (Å²) in [6.07, 6.45) is 2.31. The van der Waals surface area contributed by atoms with Gasteiger partial charge in [0.15, 0.2) is 18.9 Å². The van der Waals surface area contributed by atoms with Crippen molar-refractivity contribution in [3.63, 3.8) is 0 Å². The lowest BCUT2D eigenvalue weighted by atomic mass is 9.44. The van der Waals surface area contributed by atoms with Crippen molar-refractivity contribution in [3.05, 3.63) is 24.0 Å². The third kappa shape index (κ3) is 7.16. The van der Waals surface area contributed by atoms with Crippen LogP contribution >= 0.6 is 0 Å². The first-order chi connectivity index (χ1) is 25.6. The Morgan fingerprint density at radius 1 is 0.648 bits per heavy atom. The van der Waals surface area contributed by atoms with Crippen molar-refractivity contribution in [2.24, 2.45) is 40.4 Å². The minimum Gasteiger partial charge on any atom is -0.490 e. The molecule has 3 saturated heterocycles. The maximum absolute atomic E-state index is 11.4. The summed E-state index contributed by atoms with van der Waals surface area (Å²) in [6.45, 7) is 14.9. The van der Waals surface area contributed by atoms with E-state index in [0.717, 1.165) is 37.9 Å². The topological polar surface area (TPSA) is 166 Å². The zero-order chi connectivity index (χ0) is 38.3. The smallest absolute Gasteiger partial charge is 0.161 e. The van der Waals surface area contributed by atoms with Gasteiger partial charge in [-0.25, -0.2) is 0 Å². The van der Waals surface area contributed by atoms with E-state index >= 15 is 0 Å². The summed E-state index contributed by atoms with van der Waals surface area (Å²) in [6, 6.07) is 0. The van der Waals surface area contributed by atoms with Crippen molar-refractivity contribution in [1.29, 1.82) is 0 Å². The van der Waals surface area contributed by atoms with Crippen LogP contribution in [0.1, 0.15) is 105 Å². The minimum absolute atomic E-state index is 0.0746. The van der Waals surface area contributed by atoms with E-state index in [2.05, 4.69) is 26.5 Å². The van der Waals surface area contributed by atoms with Crippen molar-refractivity contribution in [2.45, 2.75) is 191 Å². The van der Waals surface area contributed by atoms with E-state index < -0.39 is 73.8 Å². The molecule has 21 atom stereocenters. The van der Waals surface area contributed by atoms with E-state index in [-0.39, 0.29) is 41.8 Å². The molecule has 14 unspecified atom stereocenters. The van der Waals surface area contributed by atoms with Crippen LogP contribution in [0.4, 0.5) is 0 Å². The third-order valence-corrected chi connectivity index (χ3v) is 15.7. The normalized spacial score (nSPS) is 55.0. The number of hydrogen-bond donors (Lipinski definition) is 5. The van der Waals surface area contributed by atoms with E-state index in [0.29, 0.717) is 36.7 Å². The predicted molar refractivity (Wildman–Crippen MR) is 195 cm³/mol. The van der Waals surface area contributed by atoms with Gasteiger partial charge in [0.25, 0.3) is 0 Å². The van der Waals surface area contributed by atoms with E-state index in [1.807, 2.05) is 6.92 Å². The fourth-order valence-corrected chi connectivity index (χ4v) is 13.0. The molecule has 0 aromatic carbocycles. The number of fused-ring (bicyclic) bond motifs is 5. The Kier molecular flexibility index (Phi) is 11.2. The van der Waals surface area contributed by atoms with Crippen LogP contribution in [-0.4, -0.2) is 118 Å². The fraction of sp³-hybridized carbons (Fsp3) is 0.905. The lowest BCUT2D eigenvalue weighted by Gasteiger charge is -2.61. The quantitative estimate of drug-likeness (QED) is 0.237. The Morgan fingerprint density at radius 3 is 1.83 bits per heavy atom. The Hall–Kier alpha value is -1.16. The predicted octanol–water partition coefficient (Wildman–Crippen LogP) is 4.09. The molecule has 4 saturated carbocycles. The van der Waals surface area contributed by atoms with Gasteiger partial charge in [0.05, 0.1) is 48.8 Å². The summed E-state index contributed by atoms with van der Waals surface area (Å²) in [5.74, 6) is 3.28. The van der Waals surface area contributed by atoms with Crippen LogP contribution in [0.25, 0.3) is 0 Å². The molecule has 0 aromatic rings. The van der Waals surface area contributed by atoms with Crippen molar-refractivity contribution in [3.8, 4) is 0 Å². The van der Waals surface area contributed by atoms with E-state index in [1.165, 1.54) is 24.8 Å². The first-order valence-electron chi connectivity index (χ1n) is 21.0. The molecular weight excluding hydrogens is 696 g/mol. The highest BCUT2D eigenvalue weighted by molar-refractivity contribution is 5.30. The second-order valence-electron chi connectivity index (χ2n) is 18.9. The molecule has 4 heterocycles. The molecule has 54 heavy (non-hydrogen) atoms. The van der Waals surface area contributed by atoms with Crippen LogP contribution in [0.15, 0.2) is 24.0 Å². The maximum Gasteiger partial charge on any atom is 0.161 e. The first-order valence-corrected chi connectivity index (χ1v) is 21.0. The van der Waals surface area contributed by atoms with Crippen molar-refractivity contribution in [2.75, 3.05) is 6.61 Å². The van der Waals surface area contributed by atoms with Gasteiger partial charge >= 0.3 is 0 Å². The zero-order valence-corrected chi connectivity index (χ0v) is 32.8. The average molecular weight is 763 g/mol. The molecule has 0 radical (unpaired) electrons. The van der Waals surface area contributed by atoms with Gasteiger partial charge in [0, 0.05) is 25.2 Å². The largest absolute Gasteiger partial charge is 0.490 e. The van der Waals surface area contributed by atoms with Crippen LogP contribution < -0.4 is 0 Å². The Morgan fingerprint density at radius 2 is 1.24 bits per heavy atom. The number of ether oxygens (including phenoxy) is 7. The molecule has 5 N–H and O–H groups in total. The molecular formula is C42H66O12. The molecule has 7 fully saturated rings. The van der Waals surface area contributed by atoms with E-state index in [4.69, 9.17) is 33.2 Å². The van der Waals surface area contributed by atoms with Gasteiger partial charge in [0.2, 0.25) is 0 Å². The number of hydrogen-bond acceptors (Lipinski definition) is 12. The average Bonchev–Trinajstić information content (AvgIpc) is 3.65. The van der Waals surface area contributed by atoms with Crippen LogP contribution in [0, 0.1) is 40.4 Å². The molecule has 0 aromatic heterocycles. The van der Waals surface area contributed by atoms with Crippen LogP contribution in [0.3, 0.4) is 0 Å². The highest BCUT2D eigenvalue weighted by Gasteiger charge is 2.63. The lowest BCUT2D eigenvalue weighted by molar-refractivity contribution is -0.336. The molecule has 8 aliphatic rings. The van der Waals surface area contributed by atoms with Crippen molar-refractivity contribution in [1.82, 2.24) is 0 Å². The second kappa shape index (κ2) is 15.2. The third-order valence-electron chi connectivity index (χ3n) is 15.7. The maximum atomic E-state index is 11.4. The molecule has 8 rings (SSSR count).